The number of amides is 1. The molecule has 1 aromatic heterocycles. The fourth-order valence-electron chi connectivity index (χ4n) is 4.65. The molecule has 34 heavy (non-hydrogen) atoms. The molecule has 0 aliphatic carbocycles. The molecular formula is C25H36N8O. The van der Waals surface area contributed by atoms with Crippen molar-refractivity contribution in [2.24, 2.45) is 5.73 Å². The number of hydrogen-bond acceptors (Lipinski definition) is 8. The minimum Gasteiger partial charge on any atom is -0.365 e. The summed E-state index contributed by atoms with van der Waals surface area (Å²) >= 11 is 0. The summed E-state index contributed by atoms with van der Waals surface area (Å²) in [5.41, 5.74) is 8.15. The van der Waals surface area contributed by atoms with Crippen LogP contribution in [0.1, 0.15) is 53.7 Å². The zero-order valence-electron chi connectivity index (χ0n) is 19.9. The van der Waals surface area contributed by atoms with Crippen molar-refractivity contribution in [1.29, 1.82) is 5.41 Å². The number of aryl methyl sites for hydroxylation is 1. The Morgan fingerprint density at radius 2 is 1.76 bits per heavy atom. The number of aromatic nitrogens is 2. The Bertz CT molecular complexity index is 964. The van der Waals surface area contributed by atoms with E-state index in [0.717, 1.165) is 83.4 Å². The molecule has 0 bridgehead atoms. The molecule has 0 unspecified atom stereocenters. The Labute approximate surface area is 201 Å². The van der Waals surface area contributed by atoms with Gasteiger partial charge in [0.2, 0.25) is 5.95 Å². The number of nitrogens with zero attached hydrogens (tertiary/aromatic N) is 4. The monoisotopic (exact) mass is 464 g/mol. The Morgan fingerprint density at radius 3 is 2.41 bits per heavy atom. The molecule has 0 saturated carbocycles. The van der Waals surface area contributed by atoms with Gasteiger partial charge in [-0.25, -0.2) is 4.98 Å². The number of piperazine rings is 1. The first-order valence-electron chi connectivity index (χ1n) is 12.4. The van der Waals surface area contributed by atoms with Crippen LogP contribution in [0.2, 0.25) is 0 Å². The van der Waals surface area contributed by atoms with Gasteiger partial charge in [-0.2, -0.15) is 4.98 Å². The SMILES string of the molecule is N=Cc1nc(N2CCCCCC2)nc(Nc2ccc(CCCN3CCNCC3)cc2)c1C(N)=O. The van der Waals surface area contributed by atoms with Crippen molar-refractivity contribution in [2.45, 2.75) is 38.5 Å². The summed E-state index contributed by atoms with van der Waals surface area (Å²) < 4.78 is 0. The highest BCUT2D eigenvalue weighted by molar-refractivity contribution is 6.04. The van der Waals surface area contributed by atoms with E-state index in [2.05, 4.69) is 42.5 Å². The van der Waals surface area contributed by atoms with E-state index in [1.165, 1.54) is 18.4 Å². The van der Waals surface area contributed by atoms with Crippen LogP contribution >= 0.6 is 0 Å². The summed E-state index contributed by atoms with van der Waals surface area (Å²) in [7, 11) is 0. The van der Waals surface area contributed by atoms with E-state index in [4.69, 9.17) is 11.1 Å². The predicted octanol–water partition coefficient (Wildman–Crippen LogP) is 2.53. The van der Waals surface area contributed by atoms with E-state index in [9.17, 15) is 4.79 Å². The van der Waals surface area contributed by atoms with Gasteiger partial charge in [0, 0.05) is 51.2 Å². The Balaban J connectivity index is 1.47. The number of rotatable bonds is 9. The minimum atomic E-state index is -0.645. The largest absolute Gasteiger partial charge is 0.365 e. The Kier molecular flexibility index (Phi) is 8.43. The summed E-state index contributed by atoms with van der Waals surface area (Å²) in [6, 6.07) is 8.22. The highest BCUT2D eigenvalue weighted by Crippen LogP contribution is 2.25. The van der Waals surface area contributed by atoms with Crippen molar-refractivity contribution < 1.29 is 4.79 Å². The third-order valence-electron chi connectivity index (χ3n) is 6.56. The van der Waals surface area contributed by atoms with Gasteiger partial charge in [0.15, 0.2) is 0 Å². The van der Waals surface area contributed by atoms with Gasteiger partial charge < -0.3 is 31.6 Å². The lowest BCUT2D eigenvalue weighted by atomic mass is 10.1. The fourth-order valence-corrected chi connectivity index (χ4v) is 4.65. The Hall–Kier alpha value is -3.04. The molecule has 2 saturated heterocycles. The molecule has 2 fully saturated rings. The summed E-state index contributed by atoms with van der Waals surface area (Å²) in [5, 5.41) is 14.5. The molecule has 9 heteroatoms. The van der Waals surface area contributed by atoms with Crippen LogP contribution in [-0.2, 0) is 6.42 Å². The van der Waals surface area contributed by atoms with E-state index in [1.807, 2.05) is 12.1 Å². The van der Waals surface area contributed by atoms with Crippen LogP contribution in [0, 0.1) is 5.41 Å². The normalized spacial score (nSPS) is 17.2. The third kappa shape index (κ3) is 6.30. The molecular weight excluding hydrogens is 428 g/mol. The van der Waals surface area contributed by atoms with Crippen molar-refractivity contribution >= 4 is 29.6 Å². The zero-order chi connectivity index (χ0) is 23.8. The molecule has 3 heterocycles. The molecule has 4 rings (SSSR count). The number of hydrogen-bond donors (Lipinski definition) is 4. The first-order chi connectivity index (χ1) is 16.6. The molecule has 9 nitrogen and oxygen atoms in total. The van der Waals surface area contributed by atoms with E-state index < -0.39 is 5.91 Å². The molecule has 182 valence electrons. The van der Waals surface area contributed by atoms with Crippen molar-refractivity contribution in [1.82, 2.24) is 20.2 Å². The maximum absolute atomic E-state index is 12.2. The van der Waals surface area contributed by atoms with Crippen LogP contribution in [0.4, 0.5) is 17.5 Å². The van der Waals surface area contributed by atoms with Crippen molar-refractivity contribution in [2.75, 3.05) is 56.0 Å². The van der Waals surface area contributed by atoms with E-state index in [-0.39, 0.29) is 11.3 Å². The third-order valence-corrected chi connectivity index (χ3v) is 6.56. The molecule has 0 atom stereocenters. The second-order valence-electron chi connectivity index (χ2n) is 9.06. The van der Waals surface area contributed by atoms with E-state index in [1.54, 1.807) is 0 Å². The molecule has 1 aromatic carbocycles. The molecule has 0 radical (unpaired) electrons. The summed E-state index contributed by atoms with van der Waals surface area (Å²) in [5.74, 6) is 0.247. The van der Waals surface area contributed by atoms with Gasteiger partial charge in [0.05, 0.1) is 0 Å². The predicted molar refractivity (Wildman–Crippen MR) is 136 cm³/mol. The van der Waals surface area contributed by atoms with Crippen LogP contribution in [-0.4, -0.2) is 72.8 Å². The van der Waals surface area contributed by atoms with E-state index in [0.29, 0.717) is 11.8 Å². The van der Waals surface area contributed by atoms with Crippen LogP contribution in [0.3, 0.4) is 0 Å². The number of anilines is 3. The number of nitrogens with one attached hydrogen (secondary N) is 3. The first kappa shape index (κ1) is 24.1. The van der Waals surface area contributed by atoms with Gasteiger partial charge in [-0.15, -0.1) is 0 Å². The molecule has 1 amide bonds. The molecule has 5 N–H and O–H groups in total. The average molecular weight is 465 g/mol. The highest BCUT2D eigenvalue weighted by Gasteiger charge is 2.21. The summed E-state index contributed by atoms with van der Waals surface area (Å²) in [6.45, 7) is 7.27. The Morgan fingerprint density at radius 1 is 1.06 bits per heavy atom. The van der Waals surface area contributed by atoms with Crippen LogP contribution in [0.15, 0.2) is 24.3 Å². The maximum atomic E-state index is 12.2. The second kappa shape index (κ2) is 11.9. The fraction of sp³-hybridized carbons (Fsp3) is 0.520. The lowest BCUT2D eigenvalue weighted by Crippen LogP contribution is -2.43. The minimum absolute atomic E-state index is 0.147. The van der Waals surface area contributed by atoms with Gasteiger partial charge in [-0.05, 0) is 49.9 Å². The van der Waals surface area contributed by atoms with Crippen LogP contribution < -0.4 is 21.3 Å². The van der Waals surface area contributed by atoms with Gasteiger partial charge >= 0.3 is 0 Å². The number of primary amides is 1. The highest BCUT2D eigenvalue weighted by atomic mass is 16.1. The summed E-state index contributed by atoms with van der Waals surface area (Å²) in [4.78, 5) is 26.0. The topological polar surface area (TPSA) is 123 Å². The van der Waals surface area contributed by atoms with Crippen LogP contribution in [0.25, 0.3) is 0 Å². The molecule has 0 spiro atoms. The number of carbonyl (C=O) groups excluding carboxylic acids is 1. The average Bonchev–Trinajstić information content (AvgIpc) is 3.15. The van der Waals surface area contributed by atoms with Gasteiger partial charge in [0.25, 0.3) is 5.91 Å². The number of benzene rings is 1. The lowest BCUT2D eigenvalue weighted by Gasteiger charge is -2.27. The standard InChI is InChI=1S/C25H36N8O/c26-18-21-22(23(27)34)24(31-25(30-21)33-14-3-1-2-4-15-33)29-20-9-7-19(8-10-20)6-5-13-32-16-11-28-12-17-32/h7-10,18,26,28H,1-6,11-17H2,(H2,27,34)(H,29,30,31). The number of carbonyl (C=O) groups is 1. The second-order valence-corrected chi connectivity index (χ2v) is 9.06. The smallest absolute Gasteiger partial charge is 0.254 e. The first-order valence-corrected chi connectivity index (χ1v) is 12.4. The van der Waals surface area contributed by atoms with Gasteiger partial charge in [-0.1, -0.05) is 25.0 Å². The van der Waals surface area contributed by atoms with Crippen LogP contribution in [0.5, 0.6) is 0 Å². The molecule has 2 aliphatic rings. The zero-order valence-corrected chi connectivity index (χ0v) is 19.9. The molecule has 2 aromatic rings. The summed E-state index contributed by atoms with van der Waals surface area (Å²) in [6.07, 6.45) is 7.79. The lowest BCUT2D eigenvalue weighted by molar-refractivity contribution is 0.100. The maximum Gasteiger partial charge on any atom is 0.254 e. The van der Waals surface area contributed by atoms with Crippen molar-refractivity contribution in [3.05, 3.63) is 41.1 Å². The van der Waals surface area contributed by atoms with Gasteiger partial charge in [0.1, 0.15) is 17.1 Å². The van der Waals surface area contributed by atoms with Crippen molar-refractivity contribution in [3.63, 3.8) is 0 Å². The van der Waals surface area contributed by atoms with Gasteiger partial charge in [-0.3, -0.25) is 4.79 Å². The van der Waals surface area contributed by atoms with Crippen molar-refractivity contribution in [3.8, 4) is 0 Å². The quantitative estimate of drug-likeness (QED) is 0.421. The molecule has 2 aliphatic heterocycles. The van der Waals surface area contributed by atoms with E-state index >= 15 is 0 Å². The number of nitrogens with two attached hydrogens (primary N) is 1.